The van der Waals surface area contributed by atoms with Gasteiger partial charge < -0.3 is 0 Å². The van der Waals surface area contributed by atoms with Gasteiger partial charge in [-0.1, -0.05) is 6.07 Å². The maximum absolute atomic E-state index is 13.3. The van der Waals surface area contributed by atoms with E-state index in [0.717, 1.165) is 17.8 Å². The van der Waals surface area contributed by atoms with Crippen LogP contribution in [0.4, 0.5) is 17.6 Å². The van der Waals surface area contributed by atoms with Gasteiger partial charge in [-0.05, 0) is 19.1 Å². The van der Waals surface area contributed by atoms with E-state index in [9.17, 15) is 17.6 Å². The highest BCUT2D eigenvalue weighted by atomic mass is 32.1. The van der Waals surface area contributed by atoms with E-state index in [4.69, 9.17) is 0 Å². The van der Waals surface area contributed by atoms with E-state index in [1.165, 1.54) is 17.4 Å². The maximum Gasteiger partial charge on any atom is 0.419 e. The van der Waals surface area contributed by atoms with Crippen molar-refractivity contribution in [1.29, 1.82) is 0 Å². The fourth-order valence-corrected chi connectivity index (χ4v) is 2.16. The summed E-state index contributed by atoms with van der Waals surface area (Å²) in [5, 5.41) is 2.26. The quantitative estimate of drug-likeness (QED) is 0.698. The maximum atomic E-state index is 13.3. The molecule has 2 aromatic rings. The molecule has 0 saturated heterocycles. The molecule has 0 spiro atoms. The van der Waals surface area contributed by atoms with Crippen molar-refractivity contribution in [2.45, 2.75) is 13.1 Å². The summed E-state index contributed by atoms with van der Waals surface area (Å²) < 4.78 is 50.3. The first-order valence-corrected chi connectivity index (χ1v) is 5.55. The van der Waals surface area contributed by atoms with Crippen molar-refractivity contribution in [3.05, 3.63) is 40.7 Å². The average molecular weight is 261 g/mol. The van der Waals surface area contributed by atoms with Gasteiger partial charge >= 0.3 is 6.18 Å². The Morgan fingerprint density at radius 2 is 1.94 bits per heavy atom. The molecule has 1 aromatic carbocycles. The summed E-state index contributed by atoms with van der Waals surface area (Å²) in [5.74, 6) is -1.28. The fraction of sp³-hybridized carbons (Fsp3) is 0.182. The molecule has 0 aliphatic heterocycles. The average Bonchev–Trinajstić information content (AvgIpc) is 2.62. The summed E-state index contributed by atoms with van der Waals surface area (Å²) in [6.45, 7) is 1.76. The minimum absolute atomic E-state index is 0.355. The van der Waals surface area contributed by atoms with Gasteiger partial charge in [-0.15, -0.1) is 11.3 Å². The van der Waals surface area contributed by atoms with Gasteiger partial charge in [0.2, 0.25) is 0 Å². The Morgan fingerprint density at radius 1 is 1.24 bits per heavy atom. The molecule has 0 fully saturated rings. The van der Waals surface area contributed by atoms with E-state index < -0.39 is 17.6 Å². The molecule has 1 heterocycles. The van der Waals surface area contributed by atoms with Crippen LogP contribution in [-0.4, -0.2) is 4.98 Å². The third-order valence-corrected chi connectivity index (χ3v) is 3.15. The van der Waals surface area contributed by atoms with Crippen LogP contribution in [0.5, 0.6) is 0 Å². The third kappa shape index (κ3) is 2.46. The lowest BCUT2D eigenvalue weighted by Crippen LogP contribution is -2.07. The number of rotatable bonds is 1. The number of nitrogens with zero attached hydrogens (tertiary/aromatic N) is 1. The zero-order valence-corrected chi connectivity index (χ0v) is 9.49. The van der Waals surface area contributed by atoms with Gasteiger partial charge in [0.05, 0.1) is 5.56 Å². The first kappa shape index (κ1) is 12.0. The lowest BCUT2D eigenvalue weighted by molar-refractivity contribution is -0.139. The Balaban J connectivity index is 2.44. The molecule has 0 N–H and O–H groups in total. The van der Waals surface area contributed by atoms with Crippen molar-refractivity contribution >= 4 is 11.3 Å². The predicted octanol–water partition coefficient (Wildman–Crippen LogP) is 4.28. The second kappa shape index (κ2) is 4.10. The number of thiazole rings is 1. The van der Waals surface area contributed by atoms with Crippen LogP contribution in [0.25, 0.3) is 10.6 Å². The summed E-state index contributed by atoms with van der Waals surface area (Å²) in [6.07, 6.45) is -4.67. The topological polar surface area (TPSA) is 12.9 Å². The van der Waals surface area contributed by atoms with Gasteiger partial charge in [0.1, 0.15) is 10.8 Å². The van der Waals surface area contributed by atoms with Crippen LogP contribution < -0.4 is 0 Å². The van der Waals surface area contributed by atoms with Crippen molar-refractivity contribution in [3.8, 4) is 10.6 Å². The van der Waals surface area contributed by atoms with Crippen molar-refractivity contribution in [3.63, 3.8) is 0 Å². The Hall–Kier alpha value is -1.43. The summed E-state index contributed by atoms with van der Waals surface area (Å²) in [5.41, 5.74) is -0.145. The zero-order chi connectivity index (χ0) is 12.6. The molecule has 0 saturated carbocycles. The highest BCUT2D eigenvalue weighted by Gasteiger charge is 2.34. The lowest BCUT2D eigenvalue weighted by Gasteiger charge is -2.08. The first-order valence-electron chi connectivity index (χ1n) is 4.67. The van der Waals surface area contributed by atoms with Crippen LogP contribution in [0.15, 0.2) is 23.6 Å². The van der Waals surface area contributed by atoms with Gasteiger partial charge in [-0.3, -0.25) is 0 Å². The number of aromatic nitrogens is 1. The van der Waals surface area contributed by atoms with Crippen LogP contribution in [0.3, 0.4) is 0 Å². The van der Waals surface area contributed by atoms with Gasteiger partial charge in [0.15, 0.2) is 0 Å². The molecule has 0 amide bonds. The highest BCUT2D eigenvalue weighted by molar-refractivity contribution is 7.13. The van der Waals surface area contributed by atoms with Crippen LogP contribution in [0.1, 0.15) is 11.3 Å². The van der Waals surface area contributed by atoms with Crippen molar-refractivity contribution in [2.75, 3.05) is 0 Å². The predicted molar refractivity (Wildman–Crippen MR) is 57.2 cm³/mol. The molecular formula is C11H7F4NS. The van der Waals surface area contributed by atoms with E-state index in [0.29, 0.717) is 10.6 Å². The molecule has 6 heteroatoms. The van der Waals surface area contributed by atoms with Crippen molar-refractivity contribution in [1.82, 2.24) is 4.98 Å². The molecule has 0 atom stereocenters. The van der Waals surface area contributed by atoms with E-state index in [2.05, 4.69) is 4.98 Å². The first-order chi connectivity index (χ1) is 7.88. The second-order valence-electron chi connectivity index (χ2n) is 3.49. The molecule has 0 bridgehead atoms. The van der Waals surface area contributed by atoms with E-state index >= 15 is 0 Å². The minimum atomic E-state index is -4.67. The smallest absolute Gasteiger partial charge is 0.241 e. The highest BCUT2D eigenvalue weighted by Crippen LogP contribution is 2.33. The van der Waals surface area contributed by atoms with Gasteiger partial charge in [-0.25, -0.2) is 9.37 Å². The zero-order valence-electron chi connectivity index (χ0n) is 8.68. The Bertz CT molecular complexity index is 545. The SMILES string of the molecule is Cc1csc(-c2ccc(C(F)(F)F)c(F)c2)n1. The molecule has 2 rings (SSSR count). The molecule has 0 aliphatic carbocycles. The van der Waals surface area contributed by atoms with Crippen LogP contribution in [0, 0.1) is 12.7 Å². The molecule has 1 aromatic heterocycles. The summed E-state index contributed by atoms with van der Waals surface area (Å²) in [6, 6.07) is 2.83. The number of hydrogen-bond acceptors (Lipinski definition) is 2. The summed E-state index contributed by atoms with van der Waals surface area (Å²) in [7, 11) is 0. The number of benzene rings is 1. The molecular weight excluding hydrogens is 254 g/mol. The molecule has 0 aliphatic rings. The third-order valence-electron chi connectivity index (χ3n) is 2.14. The molecule has 90 valence electrons. The Kier molecular flexibility index (Phi) is 2.91. The minimum Gasteiger partial charge on any atom is -0.241 e. The summed E-state index contributed by atoms with van der Waals surface area (Å²) in [4.78, 5) is 4.08. The monoisotopic (exact) mass is 261 g/mol. The van der Waals surface area contributed by atoms with Crippen molar-refractivity contribution < 1.29 is 17.6 Å². The van der Waals surface area contributed by atoms with Crippen LogP contribution in [0.2, 0.25) is 0 Å². The van der Waals surface area contributed by atoms with Gasteiger partial charge in [0, 0.05) is 16.6 Å². The molecule has 0 unspecified atom stereocenters. The normalized spacial score (nSPS) is 11.8. The second-order valence-corrected chi connectivity index (χ2v) is 4.34. The van der Waals surface area contributed by atoms with E-state index in [-0.39, 0.29) is 0 Å². The number of hydrogen-bond donors (Lipinski definition) is 0. The number of aryl methyl sites for hydroxylation is 1. The molecule has 1 nitrogen and oxygen atoms in total. The molecule has 17 heavy (non-hydrogen) atoms. The number of halogens is 4. The van der Waals surface area contributed by atoms with Crippen LogP contribution >= 0.6 is 11.3 Å². The largest absolute Gasteiger partial charge is 0.419 e. The van der Waals surface area contributed by atoms with E-state index in [1.54, 1.807) is 12.3 Å². The standard InChI is InChI=1S/C11H7F4NS/c1-6-5-17-10(16-6)7-2-3-8(9(12)4-7)11(13,14)15/h2-5H,1H3. The number of alkyl halides is 3. The Morgan fingerprint density at radius 3 is 2.41 bits per heavy atom. The van der Waals surface area contributed by atoms with Crippen LogP contribution in [-0.2, 0) is 6.18 Å². The molecule has 0 radical (unpaired) electrons. The Labute approximate surface area is 98.7 Å². The fourth-order valence-electron chi connectivity index (χ4n) is 1.36. The van der Waals surface area contributed by atoms with Crippen molar-refractivity contribution in [2.24, 2.45) is 0 Å². The van der Waals surface area contributed by atoms with Gasteiger partial charge in [-0.2, -0.15) is 13.2 Å². The summed E-state index contributed by atoms with van der Waals surface area (Å²) >= 11 is 1.27. The van der Waals surface area contributed by atoms with E-state index in [1.807, 2.05) is 0 Å². The lowest BCUT2D eigenvalue weighted by atomic mass is 10.1. The van der Waals surface area contributed by atoms with Gasteiger partial charge in [0.25, 0.3) is 0 Å².